The van der Waals surface area contributed by atoms with Crippen LogP contribution in [0.4, 0.5) is 5.69 Å². The Morgan fingerprint density at radius 3 is 3.12 bits per heavy atom. The number of anilines is 1. The van der Waals surface area contributed by atoms with Crippen LogP contribution in [0.5, 0.6) is 0 Å². The van der Waals surface area contributed by atoms with E-state index in [0.29, 0.717) is 17.7 Å². The standard InChI is InChI=1S/C10H8N4O2/c11-14-12-5-9(15)7-2-1-6-4-10(16)13-8(6)3-7/h1-3H,4-5H2,(H,13,16). The SMILES string of the molecule is [N-]=[N+]=NCC(=O)c1ccc2c(c1)NC(=O)C2. The van der Waals surface area contributed by atoms with E-state index in [1.807, 2.05) is 0 Å². The fourth-order valence-corrected chi connectivity index (χ4v) is 1.57. The Kier molecular flexibility index (Phi) is 2.57. The summed E-state index contributed by atoms with van der Waals surface area (Å²) in [4.78, 5) is 25.1. The largest absolute Gasteiger partial charge is 0.326 e. The van der Waals surface area contributed by atoms with Crippen LogP contribution in [0.1, 0.15) is 15.9 Å². The third-order valence-corrected chi connectivity index (χ3v) is 2.33. The van der Waals surface area contributed by atoms with Gasteiger partial charge in [-0.2, -0.15) is 0 Å². The highest BCUT2D eigenvalue weighted by atomic mass is 16.1. The summed E-state index contributed by atoms with van der Waals surface area (Å²) >= 11 is 0. The van der Waals surface area contributed by atoms with Crippen LogP contribution in [0, 0.1) is 0 Å². The summed E-state index contributed by atoms with van der Waals surface area (Å²) < 4.78 is 0. The first-order valence-corrected chi connectivity index (χ1v) is 4.67. The normalized spacial score (nSPS) is 12.6. The molecular weight excluding hydrogens is 208 g/mol. The Hall–Kier alpha value is -2.33. The molecule has 1 aliphatic heterocycles. The molecule has 0 saturated carbocycles. The molecule has 0 saturated heterocycles. The van der Waals surface area contributed by atoms with E-state index in [1.54, 1.807) is 18.2 Å². The van der Waals surface area contributed by atoms with Gasteiger partial charge in [-0.25, -0.2) is 0 Å². The lowest BCUT2D eigenvalue weighted by Gasteiger charge is -2.01. The maximum absolute atomic E-state index is 11.5. The number of azide groups is 1. The van der Waals surface area contributed by atoms with Gasteiger partial charge in [-0.15, -0.1) is 0 Å². The van der Waals surface area contributed by atoms with Crippen LogP contribution in [0.25, 0.3) is 10.4 Å². The molecule has 80 valence electrons. The van der Waals surface area contributed by atoms with Gasteiger partial charge in [0, 0.05) is 16.2 Å². The van der Waals surface area contributed by atoms with Crippen LogP contribution < -0.4 is 5.32 Å². The van der Waals surface area contributed by atoms with Crippen LogP contribution in [0.15, 0.2) is 23.3 Å². The number of Topliss-reactive ketones (excluding diaryl/α,β-unsaturated/α-hetero) is 1. The monoisotopic (exact) mass is 216 g/mol. The summed E-state index contributed by atoms with van der Waals surface area (Å²) in [7, 11) is 0. The molecule has 0 atom stereocenters. The second-order valence-electron chi connectivity index (χ2n) is 3.41. The minimum Gasteiger partial charge on any atom is -0.326 e. The number of carbonyl (C=O) groups is 2. The quantitative estimate of drug-likeness (QED) is 0.360. The number of ketones is 1. The number of nitrogens with zero attached hydrogens (tertiary/aromatic N) is 3. The van der Waals surface area contributed by atoms with E-state index in [2.05, 4.69) is 15.3 Å². The van der Waals surface area contributed by atoms with Gasteiger partial charge in [0.25, 0.3) is 0 Å². The van der Waals surface area contributed by atoms with Crippen molar-refractivity contribution in [2.45, 2.75) is 6.42 Å². The Morgan fingerprint density at radius 1 is 1.56 bits per heavy atom. The number of amides is 1. The third-order valence-electron chi connectivity index (χ3n) is 2.33. The summed E-state index contributed by atoms with van der Waals surface area (Å²) in [6, 6.07) is 4.97. The first kappa shape index (κ1) is 10.2. The zero-order chi connectivity index (χ0) is 11.5. The van der Waals surface area contributed by atoms with Gasteiger partial charge in [0.05, 0.1) is 13.0 Å². The van der Waals surface area contributed by atoms with Crippen molar-refractivity contribution in [2.75, 3.05) is 11.9 Å². The van der Waals surface area contributed by atoms with Gasteiger partial charge in [-0.05, 0) is 17.2 Å². The highest BCUT2D eigenvalue weighted by Crippen LogP contribution is 2.24. The molecule has 1 aliphatic rings. The number of carbonyl (C=O) groups excluding carboxylic acids is 2. The van der Waals surface area contributed by atoms with E-state index in [9.17, 15) is 9.59 Å². The molecule has 0 spiro atoms. The van der Waals surface area contributed by atoms with Crippen LogP contribution in [0.3, 0.4) is 0 Å². The van der Waals surface area contributed by atoms with E-state index in [1.165, 1.54) is 0 Å². The number of hydrogen-bond donors (Lipinski definition) is 1. The maximum Gasteiger partial charge on any atom is 0.228 e. The molecule has 1 heterocycles. The van der Waals surface area contributed by atoms with E-state index >= 15 is 0 Å². The lowest BCUT2D eigenvalue weighted by Crippen LogP contribution is -2.05. The predicted octanol–water partition coefficient (Wildman–Crippen LogP) is 1.67. The van der Waals surface area contributed by atoms with Crippen molar-refractivity contribution in [3.8, 4) is 0 Å². The molecular formula is C10H8N4O2. The van der Waals surface area contributed by atoms with Crippen molar-refractivity contribution in [3.05, 3.63) is 39.8 Å². The second kappa shape index (κ2) is 4.04. The minimum atomic E-state index is -0.262. The number of fused-ring (bicyclic) bond motifs is 1. The minimum absolute atomic E-state index is 0.0744. The Morgan fingerprint density at radius 2 is 2.38 bits per heavy atom. The van der Waals surface area contributed by atoms with E-state index in [4.69, 9.17) is 5.53 Å². The molecule has 0 bridgehead atoms. The first-order valence-electron chi connectivity index (χ1n) is 4.67. The number of hydrogen-bond acceptors (Lipinski definition) is 3. The van der Waals surface area contributed by atoms with E-state index < -0.39 is 0 Å². The van der Waals surface area contributed by atoms with Crippen LogP contribution in [0.2, 0.25) is 0 Å². The molecule has 1 N–H and O–H groups in total. The van der Waals surface area contributed by atoms with Gasteiger partial charge in [0.1, 0.15) is 0 Å². The van der Waals surface area contributed by atoms with Gasteiger partial charge in [-0.3, -0.25) is 9.59 Å². The van der Waals surface area contributed by atoms with Crippen LogP contribution in [-0.4, -0.2) is 18.2 Å². The topological polar surface area (TPSA) is 94.9 Å². The van der Waals surface area contributed by atoms with Gasteiger partial charge >= 0.3 is 0 Å². The van der Waals surface area contributed by atoms with Gasteiger partial charge in [0.2, 0.25) is 5.91 Å². The summed E-state index contributed by atoms with van der Waals surface area (Å²) in [5.41, 5.74) is 10.1. The summed E-state index contributed by atoms with van der Waals surface area (Å²) in [6.07, 6.45) is 0.347. The zero-order valence-electron chi connectivity index (χ0n) is 8.30. The summed E-state index contributed by atoms with van der Waals surface area (Å²) in [5, 5.41) is 5.85. The van der Waals surface area contributed by atoms with Gasteiger partial charge < -0.3 is 5.32 Å². The van der Waals surface area contributed by atoms with Crippen molar-refractivity contribution in [2.24, 2.45) is 5.11 Å². The van der Waals surface area contributed by atoms with Crippen molar-refractivity contribution >= 4 is 17.4 Å². The van der Waals surface area contributed by atoms with E-state index in [-0.39, 0.29) is 18.2 Å². The maximum atomic E-state index is 11.5. The molecule has 0 aliphatic carbocycles. The average molecular weight is 216 g/mol. The Labute approximate surface area is 90.9 Å². The van der Waals surface area contributed by atoms with Gasteiger partial charge in [-0.1, -0.05) is 17.2 Å². The lowest BCUT2D eigenvalue weighted by atomic mass is 10.1. The molecule has 6 heteroatoms. The molecule has 0 unspecified atom stereocenters. The molecule has 2 rings (SSSR count). The van der Waals surface area contributed by atoms with Crippen molar-refractivity contribution in [3.63, 3.8) is 0 Å². The highest BCUT2D eigenvalue weighted by Gasteiger charge is 2.18. The average Bonchev–Trinajstić information content (AvgIpc) is 2.64. The lowest BCUT2D eigenvalue weighted by molar-refractivity contribution is -0.115. The fraction of sp³-hybridized carbons (Fsp3) is 0.200. The third kappa shape index (κ3) is 1.87. The predicted molar refractivity (Wildman–Crippen MR) is 57.1 cm³/mol. The van der Waals surface area contributed by atoms with Crippen LogP contribution >= 0.6 is 0 Å². The number of nitrogens with one attached hydrogen (secondary N) is 1. The van der Waals surface area contributed by atoms with Crippen LogP contribution in [-0.2, 0) is 11.2 Å². The molecule has 1 aromatic carbocycles. The molecule has 6 nitrogen and oxygen atoms in total. The molecule has 0 radical (unpaired) electrons. The zero-order valence-corrected chi connectivity index (χ0v) is 8.30. The van der Waals surface area contributed by atoms with Crippen molar-refractivity contribution in [1.82, 2.24) is 0 Å². The molecule has 16 heavy (non-hydrogen) atoms. The second-order valence-corrected chi connectivity index (χ2v) is 3.41. The number of benzene rings is 1. The number of rotatable bonds is 3. The Balaban J connectivity index is 2.25. The molecule has 0 fully saturated rings. The molecule has 1 aromatic rings. The Bertz CT molecular complexity index is 518. The smallest absolute Gasteiger partial charge is 0.228 e. The van der Waals surface area contributed by atoms with Crippen molar-refractivity contribution in [1.29, 1.82) is 0 Å². The van der Waals surface area contributed by atoms with E-state index in [0.717, 1.165) is 5.56 Å². The highest BCUT2D eigenvalue weighted by molar-refractivity contribution is 6.03. The molecule has 1 amide bonds. The summed E-state index contributed by atoms with van der Waals surface area (Å²) in [5.74, 6) is -0.337. The van der Waals surface area contributed by atoms with Gasteiger partial charge in [0.15, 0.2) is 5.78 Å². The fourth-order valence-electron chi connectivity index (χ4n) is 1.57. The summed E-state index contributed by atoms with van der Waals surface area (Å²) in [6.45, 7) is -0.205. The first-order chi connectivity index (χ1) is 7.70. The molecule has 0 aromatic heterocycles. The van der Waals surface area contributed by atoms with Crippen molar-refractivity contribution < 1.29 is 9.59 Å².